The lowest BCUT2D eigenvalue weighted by atomic mass is 9.78. The lowest BCUT2D eigenvalue weighted by Crippen LogP contribution is -2.46. The van der Waals surface area contributed by atoms with Crippen LogP contribution in [0.15, 0.2) is 36.4 Å². The number of β-amino-alcohol motifs (C(OH)–C–C–N with tert-alkyl or cyclic N) is 1. The number of fused-ring (bicyclic) bond motifs is 2. The maximum atomic E-state index is 11.9. The summed E-state index contributed by atoms with van der Waals surface area (Å²) < 4.78 is 22.1. The molecule has 3 heterocycles. The van der Waals surface area contributed by atoms with E-state index in [9.17, 15) is 10.2 Å². The van der Waals surface area contributed by atoms with E-state index in [-0.39, 0.29) is 17.9 Å². The Morgan fingerprint density at radius 2 is 1.09 bits per heavy atom. The van der Waals surface area contributed by atoms with Crippen molar-refractivity contribution in [2.24, 2.45) is 11.8 Å². The lowest BCUT2D eigenvalue weighted by molar-refractivity contribution is -0.0237. The molecule has 4 unspecified atom stereocenters. The van der Waals surface area contributed by atoms with E-state index < -0.39 is 6.10 Å². The van der Waals surface area contributed by atoms with Gasteiger partial charge in [-0.05, 0) is 125 Å². The van der Waals surface area contributed by atoms with Gasteiger partial charge in [-0.2, -0.15) is 0 Å². The van der Waals surface area contributed by atoms with Crippen molar-refractivity contribution in [1.29, 1.82) is 0 Å². The number of aliphatic hydroxyl groups is 2. The van der Waals surface area contributed by atoms with Crippen molar-refractivity contribution in [2.45, 2.75) is 102 Å². The van der Waals surface area contributed by atoms with E-state index in [0.29, 0.717) is 20.1 Å². The average molecular weight is 637 g/mol. The molecule has 1 saturated heterocycles. The number of hydrogen-bond acceptors (Lipinski definition) is 8. The largest absolute Gasteiger partial charge is 0.454 e. The average Bonchev–Trinajstić information content (AvgIpc) is 3.75. The van der Waals surface area contributed by atoms with Crippen LogP contribution in [0.2, 0.25) is 0 Å². The fourth-order valence-electron chi connectivity index (χ4n) is 8.04. The molecule has 2 aromatic rings. The fraction of sp³-hybridized carbons (Fsp3) is 0.684. The highest BCUT2D eigenvalue weighted by Crippen LogP contribution is 2.35. The monoisotopic (exact) mass is 636 g/mol. The molecule has 254 valence electrons. The van der Waals surface area contributed by atoms with Gasteiger partial charge in [-0.3, -0.25) is 0 Å². The molecule has 3 aliphatic heterocycles. The zero-order valence-corrected chi connectivity index (χ0v) is 27.8. The highest BCUT2D eigenvalue weighted by Gasteiger charge is 2.36. The summed E-state index contributed by atoms with van der Waals surface area (Å²) >= 11 is 0. The Morgan fingerprint density at radius 3 is 1.72 bits per heavy atom. The minimum absolute atomic E-state index is 0.0937. The molecule has 8 heteroatoms. The molecule has 0 radical (unpaired) electrons. The number of hydrogen-bond donors (Lipinski definition) is 2. The summed E-state index contributed by atoms with van der Waals surface area (Å²) in [5.41, 5.74) is 2.59. The predicted octanol–water partition coefficient (Wildman–Crippen LogP) is 6.20. The standard InChI is InChI=1S/C38H56N2O6/c41-33-14-5-3-1-2-4-13-31(33)32-25-39(19-8-6-11-29-15-17-35-37(23-29)45-27-43-35)21-10-22-40(26-34(32)42)20-9-7-12-30-16-18-36-38(24-30)46-28-44-36/h15-18,23-24,31-34,41-42H,1-14,19-22,25-28H2. The van der Waals surface area contributed by atoms with E-state index in [1.54, 1.807) is 0 Å². The highest BCUT2D eigenvalue weighted by molar-refractivity contribution is 5.45. The van der Waals surface area contributed by atoms with Crippen molar-refractivity contribution in [3.8, 4) is 23.0 Å². The molecule has 0 bridgehead atoms. The van der Waals surface area contributed by atoms with Gasteiger partial charge in [0.1, 0.15) is 0 Å². The maximum absolute atomic E-state index is 11.9. The van der Waals surface area contributed by atoms with Gasteiger partial charge >= 0.3 is 0 Å². The smallest absolute Gasteiger partial charge is 0.231 e. The summed E-state index contributed by atoms with van der Waals surface area (Å²) in [4.78, 5) is 5.11. The Kier molecular flexibility index (Phi) is 12.4. The third-order valence-electron chi connectivity index (χ3n) is 10.7. The Morgan fingerprint density at radius 1 is 0.543 bits per heavy atom. The van der Waals surface area contributed by atoms with Gasteiger partial charge in [-0.1, -0.05) is 44.2 Å². The molecule has 2 N–H and O–H groups in total. The van der Waals surface area contributed by atoms with Crippen LogP contribution in [0, 0.1) is 11.8 Å². The molecular weight excluding hydrogens is 580 g/mol. The van der Waals surface area contributed by atoms with Crippen LogP contribution >= 0.6 is 0 Å². The molecule has 0 spiro atoms. The van der Waals surface area contributed by atoms with E-state index in [1.165, 1.54) is 30.4 Å². The Labute approximate surface area is 276 Å². The van der Waals surface area contributed by atoms with Gasteiger partial charge in [0.25, 0.3) is 0 Å². The Balaban J connectivity index is 1.05. The number of rotatable bonds is 11. The first-order valence-electron chi connectivity index (χ1n) is 18.2. The molecule has 0 amide bonds. The van der Waals surface area contributed by atoms with Crippen molar-refractivity contribution in [1.82, 2.24) is 9.80 Å². The van der Waals surface area contributed by atoms with Crippen molar-refractivity contribution in [3.05, 3.63) is 47.5 Å². The van der Waals surface area contributed by atoms with Gasteiger partial charge in [0.05, 0.1) is 12.2 Å². The quantitative estimate of drug-likeness (QED) is 0.283. The summed E-state index contributed by atoms with van der Waals surface area (Å²) in [5.74, 6) is 3.66. The molecule has 0 aromatic heterocycles. The number of aliphatic hydroxyl groups excluding tert-OH is 2. The molecular formula is C38H56N2O6. The second-order valence-corrected chi connectivity index (χ2v) is 14.1. The molecule has 46 heavy (non-hydrogen) atoms. The number of unbranched alkanes of at least 4 members (excludes halogenated alkanes) is 2. The second kappa shape index (κ2) is 17.0. The first-order valence-corrected chi connectivity index (χ1v) is 18.2. The number of aryl methyl sites for hydroxylation is 2. The zero-order valence-electron chi connectivity index (χ0n) is 27.8. The van der Waals surface area contributed by atoms with Crippen LogP contribution in [-0.4, -0.2) is 85.1 Å². The topological polar surface area (TPSA) is 83.9 Å². The van der Waals surface area contributed by atoms with Crippen LogP contribution in [0.25, 0.3) is 0 Å². The van der Waals surface area contributed by atoms with Crippen LogP contribution < -0.4 is 18.9 Å². The van der Waals surface area contributed by atoms with E-state index in [0.717, 1.165) is 126 Å². The Bertz CT molecular complexity index is 1230. The van der Waals surface area contributed by atoms with Crippen LogP contribution in [0.1, 0.15) is 88.2 Å². The minimum atomic E-state index is -0.427. The molecule has 1 saturated carbocycles. The first-order chi connectivity index (χ1) is 22.6. The van der Waals surface area contributed by atoms with Crippen LogP contribution in [0.4, 0.5) is 0 Å². The van der Waals surface area contributed by atoms with E-state index in [4.69, 9.17) is 18.9 Å². The summed E-state index contributed by atoms with van der Waals surface area (Å²) in [5, 5.41) is 23.3. The van der Waals surface area contributed by atoms with E-state index in [1.807, 2.05) is 12.1 Å². The molecule has 4 aliphatic rings. The first kappa shape index (κ1) is 33.4. The third-order valence-corrected chi connectivity index (χ3v) is 10.7. The van der Waals surface area contributed by atoms with Crippen molar-refractivity contribution in [3.63, 3.8) is 0 Å². The lowest BCUT2D eigenvalue weighted by Gasteiger charge is -2.38. The molecule has 6 rings (SSSR count). The molecule has 2 fully saturated rings. The summed E-state index contributed by atoms with van der Waals surface area (Å²) in [6.07, 6.45) is 14.7. The number of ether oxygens (including phenoxy) is 4. The van der Waals surface area contributed by atoms with Gasteiger partial charge < -0.3 is 39.0 Å². The molecule has 4 atom stereocenters. The van der Waals surface area contributed by atoms with E-state index >= 15 is 0 Å². The Hall–Kier alpha value is -2.52. The maximum Gasteiger partial charge on any atom is 0.231 e. The second-order valence-electron chi connectivity index (χ2n) is 14.1. The number of benzene rings is 2. The van der Waals surface area contributed by atoms with Crippen LogP contribution in [0.5, 0.6) is 23.0 Å². The van der Waals surface area contributed by atoms with Gasteiger partial charge in [0, 0.05) is 19.0 Å². The van der Waals surface area contributed by atoms with Gasteiger partial charge in [-0.15, -0.1) is 0 Å². The summed E-state index contributed by atoms with van der Waals surface area (Å²) in [6.45, 7) is 6.30. The summed E-state index contributed by atoms with van der Waals surface area (Å²) in [6, 6.07) is 12.6. The SMILES string of the molecule is OC1CCCCCCCC1C1CN(CCCCc2ccc3c(c2)OCO3)CCCN(CCCCc2ccc3c(c2)OCO3)CC1O. The summed E-state index contributed by atoms with van der Waals surface area (Å²) in [7, 11) is 0. The highest BCUT2D eigenvalue weighted by atomic mass is 16.7. The molecule has 2 aromatic carbocycles. The fourth-order valence-corrected chi connectivity index (χ4v) is 8.04. The van der Waals surface area contributed by atoms with Crippen LogP contribution in [-0.2, 0) is 12.8 Å². The number of nitrogens with zero attached hydrogens (tertiary/aromatic N) is 2. The van der Waals surface area contributed by atoms with Gasteiger partial charge in [0.15, 0.2) is 23.0 Å². The van der Waals surface area contributed by atoms with Crippen molar-refractivity contribution in [2.75, 3.05) is 52.9 Å². The normalized spacial score (nSPS) is 26.0. The van der Waals surface area contributed by atoms with Crippen molar-refractivity contribution < 1.29 is 29.2 Å². The zero-order chi connectivity index (χ0) is 31.6. The van der Waals surface area contributed by atoms with Crippen molar-refractivity contribution >= 4 is 0 Å². The predicted molar refractivity (Wildman–Crippen MR) is 180 cm³/mol. The third kappa shape index (κ3) is 9.30. The minimum Gasteiger partial charge on any atom is -0.454 e. The van der Waals surface area contributed by atoms with Crippen LogP contribution in [0.3, 0.4) is 0 Å². The molecule has 8 nitrogen and oxygen atoms in total. The van der Waals surface area contributed by atoms with E-state index in [2.05, 4.69) is 34.1 Å². The molecule has 1 aliphatic carbocycles. The van der Waals surface area contributed by atoms with Gasteiger partial charge in [-0.25, -0.2) is 0 Å². The van der Waals surface area contributed by atoms with Gasteiger partial charge in [0.2, 0.25) is 13.6 Å².